The van der Waals surface area contributed by atoms with Crippen LogP contribution in [0.3, 0.4) is 0 Å². The van der Waals surface area contributed by atoms with Crippen molar-refractivity contribution in [2.75, 3.05) is 13.2 Å². The Morgan fingerprint density at radius 3 is 2.16 bits per heavy atom. The number of hydrogen-bond acceptors (Lipinski definition) is 4. The quantitative estimate of drug-likeness (QED) is 0.553. The van der Waals surface area contributed by atoms with Crippen LogP contribution in [0.4, 0.5) is 26.3 Å². The molecule has 3 unspecified atom stereocenters. The minimum Gasteiger partial charge on any atom is -0.379 e. The minimum absolute atomic E-state index is 0.0356. The van der Waals surface area contributed by atoms with Crippen molar-refractivity contribution < 1.29 is 41.0 Å². The lowest BCUT2D eigenvalue weighted by atomic mass is 9.82. The molecule has 32 heavy (non-hydrogen) atoms. The van der Waals surface area contributed by atoms with E-state index < -0.39 is 46.6 Å². The molecular weight excluding hydrogens is 442 g/mol. The molecule has 1 saturated carbocycles. The molecule has 3 atom stereocenters. The first-order valence-electron chi connectivity index (χ1n) is 10.3. The molecule has 1 aromatic rings. The number of alkyl halides is 6. The van der Waals surface area contributed by atoms with Crippen molar-refractivity contribution in [3.8, 4) is 0 Å². The fourth-order valence-corrected chi connectivity index (χ4v) is 3.50. The van der Waals surface area contributed by atoms with Crippen LogP contribution in [0, 0.1) is 0 Å². The van der Waals surface area contributed by atoms with E-state index in [0.717, 1.165) is 12.8 Å². The molecule has 180 valence electrons. The van der Waals surface area contributed by atoms with E-state index in [1.165, 1.54) is 6.92 Å². The number of aliphatic hydroxyl groups is 1. The summed E-state index contributed by atoms with van der Waals surface area (Å²) in [6.07, 6.45) is -8.68. The molecule has 1 aliphatic carbocycles. The summed E-state index contributed by atoms with van der Waals surface area (Å²) in [6.45, 7) is 3.06. The first kappa shape index (κ1) is 24.8. The molecule has 1 aromatic carbocycles. The molecule has 1 heterocycles. The number of amides is 1. The van der Waals surface area contributed by atoms with Crippen LogP contribution in [0.15, 0.2) is 18.2 Å². The maximum absolute atomic E-state index is 13.1. The molecule has 0 spiro atoms. The highest BCUT2D eigenvalue weighted by atomic mass is 19.4. The Hall–Kier alpha value is -1.85. The first-order chi connectivity index (χ1) is 14.6. The third-order valence-electron chi connectivity index (χ3n) is 5.96. The van der Waals surface area contributed by atoms with Crippen LogP contribution >= 0.6 is 0 Å². The fraction of sp³-hybridized carbons (Fsp3) is 0.667. The van der Waals surface area contributed by atoms with Crippen molar-refractivity contribution in [3.05, 3.63) is 34.9 Å². The first-order valence-corrected chi connectivity index (χ1v) is 10.3. The molecule has 0 bridgehead atoms. The number of hydrogen-bond donors (Lipinski definition) is 3. The van der Waals surface area contributed by atoms with Gasteiger partial charge in [0.05, 0.1) is 23.8 Å². The topological polar surface area (TPSA) is 70.6 Å². The number of ether oxygens (including phenoxy) is 1. The number of β-amino-alcohol motifs (C(OH)–C–C–N with tert-alkyl or cyclic N) is 1. The summed E-state index contributed by atoms with van der Waals surface area (Å²) < 4.78 is 84.1. The number of halogens is 6. The van der Waals surface area contributed by atoms with Crippen LogP contribution in [-0.4, -0.2) is 41.3 Å². The number of benzene rings is 1. The Balaban J connectivity index is 1.65. The van der Waals surface area contributed by atoms with Crippen molar-refractivity contribution in [2.24, 2.45) is 0 Å². The highest BCUT2D eigenvalue weighted by molar-refractivity contribution is 5.85. The molecule has 11 heteroatoms. The monoisotopic (exact) mass is 468 g/mol. The molecule has 0 radical (unpaired) electrons. The molecular formula is C21H26F6N2O3. The van der Waals surface area contributed by atoms with E-state index in [9.17, 15) is 36.2 Å². The number of nitrogens with one attached hydrogen (secondary N) is 2. The molecule has 1 saturated heterocycles. The van der Waals surface area contributed by atoms with Gasteiger partial charge in [-0.15, -0.1) is 0 Å². The van der Waals surface area contributed by atoms with Crippen LogP contribution < -0.4 is 10.6 Å². The van der Waals surface area contributed by atoms with E-state index in [4.69, 9.17) is 4.74 Å². The minimum atomic E-state index is -4.93. The van der Waals surface area contributed by atoms with Gasteiger partial charge in [-0.05, 0) is 63.3 Å². The van der Waals surface area contributed by atoms with Crippen LogP contribution in [0.25, 0.3) is 0 Å². The molecule has 2 aliphatic rings. The zero-order chi connectivity index (χ0) is 23.9. The van der Waals surface area contributed by atoms with Gasteiger partial charge in [0.25, 0.3) is 5.91 Å². The number of rotatable bonds is 6. The molecule has 5 nitrogen and oxygen atoms in total. The van der Waals surface area contributed by atoms with Crippen molar-refractivity contribution in [1.29, 1.82) is 0 Å². The Kier molecular flexibility index (Phi) is 6.58. The van der Waals surface area contributed by atoms with Gasteiger partial charge < -0.3 is 20.5 Å². The van der Waals surface area contributed by atoms with Crippen molar-refractivity contribution in [2.45, 2.75) is 75.2 Å². The lowest BCUT2D eigenvalue weighted by Crippen LogP contribution is -2.63. The van der Waals surface area contributed by atoms with Gasteiger partial charge in [0, 0.05) is 18.1 Å². The summed E-state index contributed by atoms with van der Waals surface area (Å²) in [7, 11) is 0. The largest absolute Gasteiger partial charge is 0.416 e. The van der Waals surface area contributed by atoms with Crippen LogP contribution in [0.5, 0.6) is 0 Å². The second kappa shape index (κ2) is 8.49. The lowest BCUT2D eigenvalue weighted by Gasteiger charge is -2.42. The second-order valence-corrected chi connectivity index (χ2v) is 8.99. The van der Waals surface area contributed by atoms with E-state index >= 15 is 0 Å². The number of piperidine rings is 1. The van der Waals surface area contributed by atoms with E-state index in [2.05, 4.69) is 10.6 Å². The van der Waals surface area contributed by atoms with E-state index in [1.807, 2.05) is 0 Å². The van der Waals surface area contributed by atoms with Gasteiger partial charge in [0.2, 0.25) is 0 Å². The molecule has 3 rings (SSSR count). The third kappa shape index (κ3) is 5.93. The third-order valence-corrected chi connectivity index (χ3v) is 5.96. The van der Waals surface area contributed by atoms with Crippen molar-refractivity contribution in [1.82, 2.24) is 10.6 Å². The Morgan fingerprint density at radius 1 is 1.16 bits per heavy atom. The molecule has 1 amide bonds. The van der Waals surface area contributed by atoms with Gasteiger partial charge >= 0.3 is 12.4 Å². The maximum Gasteiger partial charge on any atom is 0.416 e. The predicted octanol–water partition coefficient (Wildman–Crippen LogP) is 3.95. The second-order valence-electron chi connectivity index (χ2n) is 8.99. The summed E-state index contributed by atoms with van der Waals surface area (Å²) >= 11 is 0. The lowest BCUT2D eigenvalue weighted by molar-refractivity contribution is -0.145. The fourth-order valence-electron chi connectivity index (χ4n) is 3.50. The van der Waals surface area contributed by atoms with Gasteiger partial charge in [0.1, 0.15) is 0 Å². The number of carbonyl (C=O) groups is 1. The number of carbonyl (C=O) groups excluding carboxylic acids is 1. The predicted molar refractivity (Wildman–Crippen MR) is 103 cm³/mol. The Bertz CT molecular complexity index is 811. The summed E-state index contributed by atoms with van der Waals surface area (Å²) in [5.74, 6) is -0.451. The standard InChI is InChI=1S/C21H26F6N2O3/c1-12(13-7-14(20(22,23)24)9-15(8-13)21(25,26)27)32-11-18(2)5-6-19(31,10-28-18)17(30)29-16-3-4-16/h7-9,12,16,28,31H,3-6,10-11H2,1-2H3,(H,29,30). The molecule has 1 aliphatic heterocycles. The van der Waals surface area contributed by atoms with Crippen LogP contribution in [0.1, 0.15) is 62.3 Å². The molecule has 2 fully saturated rings. The zero-order valence-electron chi connectivity index (χ0n) is 17.7. The Labute approximate surface area is 181 Å². The average Bonchev–Trinajstić information content (AvgIpc) is 3.51. The Morgan fingerprint density at radius 2 is 1.72 bits per heavy atom. The summed E-state index contributed by atoms with van der Waals surface area (Å²) in [4.78, 5) is 12.2. The van der Waals surface area contributed by atoms with Crippen molar-refractivity contribution in [3.63, 3.8) is 0 Å². The van der Waals surface area contributed by atoms with E-state index in [0.29, 0.717) is 18.6 Å². The summed E-state index contributed by atoms with van der Waals surface area (Å²) in [5, 5.41) is 16.4. The zero-order valence-corrected chi connectivity index (χ0v) is 17.7. The van der Waals surface area contributed by atoms with Crippen LogP contribution in [-0.2, 0) is 21.9 Å². The van der Waals surface area contributed by atoms with Gasteiger partial charge in [0.15, 0.2) is 5.60 Å². The van der Waals surface area contributed by atoms with Crippen LogP contribution in [0.2, 0.25) is 0 Å². The molecule has 3 N–H and O–H groups in total. The smallest absolute Gasteiger partial charge is 0.379 e. The molecule has 0 aromatic heterocycles. The van der Waals surface area contributed by atoms with E-state index in [1.54, 1.807) is 6.92 Å². The van der Waals surface area contributed by atoms with Gasteiger partial charge in [-0.3, -0.25) is 4.79 Å². The van der Waals surface area contributed by atoms with E-state index in [-0.39, 0.29) is 37.2 Å². The van der Waals surface area contributed by atoms with Gasteiger partial charge in [-0.1, -0.05) is 0 Å². The SMILES string of the molecule is CC(OCC1(C)CCC(O)(C(=O)NC2CC2)CN1)c1cc(C(F)(F)F)cc(C(F)(F)F)c1. The average molecular weight is 468 g/mol. The highest BCUT2D eigenvalue weighted by Crippen LogP contribution is 2.38. The normalized spacial score (nSPS) is 27.8. The maximum atomic E-state index is 13.1. The van der Waals surface area contributed by atoms with Gasteiger partial charge in [-0.25, -0.2) is 0 Å². The highest BCUT2D eigenvalue weighted by Gasteiger charge is 2.45. The summed E-state index contributed by atoms with van der Waals surface area (Å²) in [6, 6.07) is 1.47. The summed E-state index contributed by atoms with van der Waals surface area (Å²) in [5.41, 5.74) is -5.32. The van der Waals surface area contributed by atoms with Gasteiger partial charge in [-0.2, -0.15) is 26.3 Å². The van der Waals surface area contributed by atoms with Crippen molar-refractivity contribution >= 4 is 5.91 Å².